The van der Waals surface area contributed by atoms with Crippen LogP contribution in [0.5, 0.6) is 0 Å². The second-order valence-electron chi connectivity index (χ2n) is 3.89. The maximum Gasteiger partial charge on any atom is 0.261 e. The summed E-state index contributed by atoms with van der Waals surface area (Å²) < 4.78 is 5.08. The Labute approximate surface area is 86.9 Å². The van der Waals surface area contributed by atoms with Crippen LogP contribution < -0.4 is 5.32 Å². The third-order valence-corrected chi connectivity index (χ3v) is 2.82. The number of nitrogens with one attached hydrogen (secondary N) is 1. The van der Waals surface area contributed by atoms with E-state index in [0.29, 0.717) is 11.6 Å². The molecule has 0 saturated carbocycles. The molecule has 1 N–H and O–H groups in total. The predicted octanol–water partition coefficient (Wildman–Crippen LogP) is 1.00. The average molecular weight is 204 g/mol. The first-order chi connectivity index (χ1) is 7.34. The summed E-state index contributed by atoms with van der Waals surface area (Å²) in [5.74, 6) is 1.22. The maximum atomic E-state index is 5.08. The van der Waals surface area contributed by atoms with Gasteiger partial charge in [0.25, 0.3) is 5.71 Å². The lowest BCUT2D eigenvalue weighted by Gasteiger charge is -2.08. The second kappa shape index (κ2) is 3.27. The van der Waals surface area contributed by atoms with Crippen molar-refractivity contribution in [1.29, 1.82) is 0 Å². The second-order valence-corrected chi connectivity index (χ2v) is 3.89. The number of fused-ring (bicyclic) bond motifs is 1. The van der Waals surface area contributed by atoms with Crippen molar-refractivity contribution in [2.24, 2.45) is 0 Å². The molecule has 0 aliphatic carbocycles. The minimum Gasteiger partial charge on any atom is -0.336 e. The van der Waals surface area contributed by atoms with Crippen LogP contribution in [0.25, 0.3) is 11.1 Å². The molecule has 5 nitrogen and oxygen atoms in total. The van der Waals surface area contributed by atoms with E-state index in [4.69, 9.17) is 4.52 Å². The molecule has 5 heteroatoms. The molecule has 1 fully saturated rings. The Morgan fingerprint density at radius 3 is 3.20 bits per heavy atom. The van der Waals surface area contributed by atoms with Crippen LogP contribution in [0, 0.1) is 6.92 Å². The Kier molecular flexibility index (Phi) is 1.92. The molecule has 15 heavy (non-hydrogen) atoms. The van der Waals surface area contributed by atoms with Gasteiger partial charge in [-0.15, -0.1) is 0 Å². The Balaban J connectivity index is 2.18. The summed E-state index contributed by atoms with van der Waals surface area (Å²) in [7, 11) is 0. The molecule has 1 saturated heterocycles. The number of nitrogens with zero attached hydrogens (tertiary/aromatic N) is 3. The van der Waals surface area contributed by atoms with Crippen molar-refractivity contribution in [3.05, 3.63) is 17.7 Å². The monoisotopic (exact) mass is 204 g/mol. The summed E-state index contributed by atoms with van der Waals surface area (Å²) in [6.07, 6.45) is 2.83. The standard InChI is InChI=1S/C10H12N4O/c1-6-13-9(7-2-3-11-4-7)8-5-12-15-10(8)14-6/h5,7,11H,2-4H2,1H3. The molecule has 1 atom stereocenters. The number of rotatable bonds is 1. The highest BCUT2D eigenvalue weighted by Crippen LogP contribution is 2.26. The fourth-order valence-electron chi connectivity index (χ4n) is 2.10. The van der Waals surface area contributed by atoms with Gasteiger partial charge in [-0.25, -0.2) is 4.98 Å². The zero-order valence-corrected chi connectivity index (χ0v) is 8.53. The molecule has 0 aromatic carbocycles. The lowest BCUT2D eigenvalue weighted by molar-refractivity contribution is 0.447. The summed E-state index contributed by atoms with van der Waals surface area (Å²) in [6, 6.07) is 0. The van der Waals surface area contributed by atoms with Crippen LogP contribution in [0.4, 0.5) is 0 Å². The third kappa shape index (κ3) is 1.39. The molecule has 78 valence electrons. The molecule has 0 radical (unpaired) electrons. The Morgan fingerprint density at radius 1 is 1.47 bits per heavy atom. The molecule has 3 heterocycles. The first-order valence-electron chi connectivity index (χ1n) is 5.14. The van der Waals surface area contributed by atoms with Crippen LogP contribution in [-0.2, 0) is 0 Å². The fraction of sp³-hybridized carbons (Fsp3) is 0.500. The van der Waals surface area contributed by atoms with Crippen LogP contribution in [0.2, 0.25) is 0 Å². The lowest BCUT2D eigenvalue weighted by Crippen LogP contribution is -2.09. The summed E-state index contributed by atoms with van der Waals surface area (Å²) in [6.45, 7) is 3.92. The van der Waals surface area contributed by atoms with Gasteiger partial charge in [-0.1, -0.05) is 5.16 Å². The highest BCUT2D eigenvalue weighted by Gasteiger charge is 2.22. The average Bonchev–Trinajstić information content (AvgIpc) is 2.86. The molecule has 0 amide bonds. The highest BCUT2D eigenvalue weighted by molar-refractivity contribution is 5.75. The van der Waals surface area contributed by atoms with Gasteiger partial charge in [-0.2, -0.15) is 4.98 Å². The largest absolute Gasteiger partial charge is 0.336 e. The smallest absolute Gasteiger partial charge is 0.261 e. The Hall–Kier alpha value is -1.49. The van der Waals surface area contributed by atoms with Gasteiger partial charge in [0, 0.05) is 12.5 Å². The normalized spacial score (nSPS) is 21.3. The molecule has 1 aliphatic heterocycles. The molecular weight excluding hydrogens is 192 g/mol. The maximum absolute atomic E-state index is 5.08. The number of hydrogen-bond acceptors (Lipinski definition) is 5. The lowest BCUT2D eigenvalue weighted by atomic mass is 10.0. The topological polar surface area (TPSA) is 63.8 Å². The molecule has 1 aliphatic rings. The van der Waals surface area contributed by atoms with Crippen LogP contribution in [0.3, 0.4) is 0 Å². The van der Waals surface area contributed by atoms with Gasteiger partial charge in [-0.05, 0) is 19.9 Å². The van der Waals surface area contributed by atoms with Crippen molar-refractivity contribution in [2.75, 3.05) is 13.1 Å². The minimum absolute atomic E-state index is 0.466. The predicted molar refractivity (Wildman–Crippen MR) is 54.6 cm³/mol. The molecule has 0 spiro atoms. The molecule has 3 rings (SSSR count). The quantitative estimate of drug-likeness (QED) is 0.750. The van der Waals surface area contributed by atoms with Gasteiger partial charge >= 0.3 is 0 Å². The first-order valence-corrected chi connectivity index (χ1v) is 5.14. The summed E-state index contributed by atoms with van der Waals surface area (Å²) in [5, 5.41) is 8.07. The highest BCUT2D eigenvalue weighted by atomic mass is 16.5. The van der Waals surface area contributed by atoms with E-state index in [9.17, 15) is 0 Å². The van der Waals surface area contributed by atoms with E-state index in [0.717, 1.165) is 36.4 Å². The molecule has 0 bridgehead atoms. The van der Waals surface area contributed by atoms with E-state index in [1.165, 1.54) is 0 Å². The van der Waals surface area contributed by atoms with E-state index in [1.54, 1.807) is 6.20 Å². The van der Waals surface area contributed by atoms with E-state index >= 15 is 0 Å². The van der Waals surface area contributed by atoms with Crippen molar-refractivity contribution >= 4 is 11.1 Å². The van der Waals surface area contributed by atoms with Crippen LogP contribution >= 0.6 is 0 Å². The molecule has 1 unspecified atom stereocenters. The summed E-state index contributed by atoms with van der Waals surface area (Å²) >= 11 is 0. The number of aryl methyl sites for hydroxylation is 1. The van der Waals surface area contributed by atoms with E-state index in [2.05, 4.69) is 20.4 Å². The van der Waals surface area contributed by atoms with E-state index in [1.807, 2.05) is 6.92 Å². The molecular formula is C10H12N4O. The fourth-order valence-corrected chi connectivity index (χ4v) is 2.10. The zero-order valence-electron chi connectivity index (χ0n) is 8.53. The van der Waals surface area contributed by atoms with Crippen molar-refractivity contribution in [1.82, 2.24) is 20.4 Å². The van der Waals surface area contributed by atoms with Gasteiger partial charge in [0.1, 0.15) is 5.82 Å². The van der Waals surface area contributed by atoms with Crippen LogP contribution in [0.15, 0.2) is 10.7 Å². The van der Waals surface area contributed by atoms with Crippen LogP contribution in [0.1, 0.15) is 23.9 Å². The summed E-state index contributed by atoms with van der Waals surface area (Å²) in [4.78, 5) is 8.71. The minimum atomic E-state index is 0.466. The van der Waals surface area contributed by atoms with Crippen molar-refractivity contribution < 1.29 is 4.52 Å². The van der Waals surface area contributed by atoms with E-state index in [-0.39, 0.29) is 0 Å². The van der Waals surface area contributed by atoms with Crippen LogP contribution in [-0.4, -0.2) is 28.2 Å². The third-order valence-electron chi connectivity index (χ3n) is 2.82. The van der Waals surface area contributed by atoms with Gasteiger partial charge in [0.2, 0.25) is 0 Å². The van der Waals surface area contributed by atoms with Gasteiger partial charge in [-0.3, -0.25) is 0 Å². The molecule has 2 aromatic heterocycles. The summed E-state index contributed by atoms with van der Waals surface area (Å²) in [5.41, 5.74) is 1.67. The van der Waals surface area contributed by atoms with Gasteiger partial charge in [0.15, 0.2) is 0 Å². The number of aromatic nitrogens is 3. The zero-order chi connectivity index (χ0) is 10.3. The van der Waals surface area contributed by atoms with Gasteiger partial charge in [0.05, 0.1) is 17.3 Å². The van der Waals surface area contributed by atoms with Gasteiger partial charge < -0.3 is 9.84 Å². The SMILES string of the molecule is Cc1nc(C2CCNC2)c2cnoc2n1. The first kappa shape index (κ1) is 8.79. The Morgan fingerprint density at radius 2 is 2.40 bits per heavy atom. The van der Waals surface area contributed by atoms with Crippen molar-refractivity contribution in [3.63, 3.8) is 0 Å². The Bertz CT molecular complexity index is 487. The number of hydrogen-bond donors (Lipinski definition) is 1. The van der Waals surface area contributed by atoms with E-state index < -0.39 is 0 Å². The van der Waals surface area contributed by atoms with Crippen molar-refractivity contribution in [2.45, 2.75) is 19.3 Å². The van der Waals surface area contributed by atoms with Crippen molar-refractivity contribution in [3.8, 4) is 0 Å². The molecule has 2 aromatic rings.